The van der Waals surface area contributed by atoms with Crippen molar-refractivity contribution >= 4 is 0 Å². The quantitative estimate of drug-likeness (QED) is 0.799. The molecular weight excluding hydrogens is 198 g/mol. The van der Waals surface area contributed by atoms with Gasteiger partial charge in [0.25, 0.3) is 0 Å². The molecule has 1 saturated carbocycles. The van der Waals surface area contributed by atoms with Gasteiger partial charge in [0, 0.05) is 6.04 Å². The Balaban J connectivity index is 2.25. The lowest BCUT2D eigenvalue weighted by Crippen LogP contribution is -2.39. The van der Waals surface area contributed by atoms with Crippen LogP contribution in [0.3, 0.4) is 0 Å². The smallest absolute Gasteiger partial charge is 0.0627 e. The molecule has 0 aromatic rings. The van der Waals surface area contributed by atoms with Crippen LogP contribution in [0.25, 0.3) is 0 Å². The lowest BCUT2D eigenvalue weighted by atomic mass is 9.78. The Kier molecular flexibility index (Phi) is 5.26. The first-order chi connectivity index (χ1) is 7.42. The molecule has 1 aliphatic carbocycles. The molecule has 1 unspecified atom stereocenters. The first kappa shape index (κ1) is 14.0. The summed E-state index contributed by atoms with van der Waals surface area (Å²) in [4.78, 5) is 0. The van der Waals surface area contributed by atoms with Gasteiger partial charge in [-0.2, -0.15) is 0 Å². The third-order valence-corrected chi connectivity index (χ3v) is 3.78. The summed E-state index contributed by atoms with van der Waals surface area (Å²) in [5.41, 5.74) is 6.16. The largest absolute Gasteiger partial charge is 0.374 e. The van der Waals surface area contributed by atoms with Crippen molar-refractivity contribution in [2.45, 2.75) is 71.4 Å². The Bertz CT molecular complexity index is 189. The van der Waals surface area contributed by atoms with Crippen LogP contribution in [-0.4, -0.2) is 18.2 Å². The lowest BCUT2D eigenvalue weighted by molar-refractivity contribution is -0.0197. The minimum Gasteiger partial charge on any atom is -0.374 e. The molecule has 0 aromatic carbocycles. The van der Waals surface area contributed by atoms with Crippen molar-refractivity contribution in [3.63, 3.8) is 0 Å². The van der Waals surface area contributed by atoms with Crippen LogP contribution in [0.2, 0.25) is 0 Å². The van der Waals surface area contributed by atoms with Crippen LogP contribution in [0.4, 0.5) is 0 Å². The first-order valence-corrected chi connectivity index (χ1v) is 6.82. The molecule has 1 rings (SSSR count). The van der Waals surface area contributed by atoms with E-state index in [1.54, 1.807) is 0 Å². The molecule has 2 heteroatoms. The van der Waals surface area contributed by atoms with Gasteiger partial charge in [-0.1, -0.05) is 26.2 Å². The first-order valence-electron chi connectivity index (χ1n) is 6.82. The van der Waals surface area contributed by atoms with E-state index in [4.69, 9.17) is 10.5 Å². The van der Waals surface area contributed by atoms with E-state index >= 15 is 0 Å². The minimum absolute atomic E-state index is 0.0573. The van der Waals surface area contributed by atoms with Crippen LogP contribution in [-0.2, 0) is 4.74 Å². The molecule has 0 heterocycles. The second kappa shape index (κ2) is 6.02. The van der Waals surface area contributed by atoms with Gasteiger partial charge in [0.1, 0.15) is 0 Å². The predicted octanol–water partition coefficient (Wildman–Crippen LogP) is 3.35. The summed E-state index contributed by atoms with van der Waals surface area (Å²) in [6.45, 7) is 9.29. The third kappa shape index (κ3) is 4.84. The van der Waals surface area contributed by atoms with E-state index < -0.39 is 0 Å². The average molecular weight is 227 g/mol. The third-order valence-electron chi connectivity index (χ3n) is 3.78. The molecule has 16 heavy (non-hydrogen) atoms. The summed E-state index contributed by atoms with van der Waals surface area (Å²) < 4.78 is 5.77. The maximum absolute atomic E-state index is 6.22. The number of hydrogen-bond acceptors (Lipinski definition) is 2. The number of rotatable bonds is 4. The predicted molar refractivity (Wildman–Crippen MR) is 69.4 cm³/mol. The highest BCUT2D eigenvalue weighted by Gasteiger charge is 2.25. The Morgan fingerprint density at radius 2 is 1.75 bits per heavy atom. The fourth-order valence-corrected chi connectivity index (χ4v) is 2.51. The number of nitrogens with two attached hydrogens (primary N) is 1. The maximum Gasteiger partial charge on any atom is 0.0627 e. The average Bonchev–Trinajstić information content (AvgIpc) is 2.25. The van der Waals surface area contributed by atoms with E-state index in [1.165, 1.54) is 32.1 Å². The Hall–Kier alpha value is -0.0800. The second-order valence-electron chi connectivity index (χ2n) is 6.28. The fraction of sp³-hybridized carbons (Fsp3) is 1.00. The highest BCUT2D eigenvalue weighted by molar-refractivity contribution is 4.80. The summed E-state index contributed by atoms with van der Waals surface area (Å²) in [5, 5.41) is 0. The van der Waals surface area contributed by atoms with Gasteiger partial charge < -0.3 is 10.5 Å². The van der Waals surface area contributed by atoms with Crippen LogP contribution < -0.4 is 5.73 Å². The van der Waals surface area contributed by atoms with Crippen LogP contribution in [0.1, 0.15) is 59.8 Å². The van der Waals surface area contributed by atoms with E-state index in [-0.39, 0.29) is 11.6 Å². The van der Waals surface area contributed by atoms with E-state index in [2.05, 4.69) is 27.7 Å². The SMILES string of the molecule is CCC1CCC(C(N)COC(C)(C)C)CC1. The second-order valence-corrected chi connectivity index (χ2v) is 6.28. The van der Waals surface area contributed by atoms with Crippen molar-refractivity contribution < 1.29 is 4.74 Å². The summed E-state index contributed by atoms with van der Waals surface area (Å²) >= 11 is 0. The molecule has 0 aromatic heterocycles. The fourth-order valence-electron chi connectivity index (χ4n) is 2.51. The van der Waals surface area contributed by atoms with Crippen LogP contribution in [0.15, 0.2) is 0 Å². The van der Waals surface area contributed by atoms with Gasteiger partial charge in [-0.15, -0.1) is 0 Å². The zero-order chi connectivity index (χ0) is 12.2. The Labute approximate surface area is 101 Å². The lowest BCUT2D eigenvalue weighted by Gasteiger charge is -2.33. The maximum atomic E-state index is 6.22. The van der Waals surface area contributed by atoms with Crippen LogP contribution >= 0.6 is 0 Å². The molecule has 0 saturated heterocycles. The van der Waals surface area contributed by atoms with Gasteiger partial charge in [0.15, 0.2) is 0 Å². The molecule has 0 aliphatic heterocycles. The number of hydrogen-bond donors (Lipinski definition) is 1. The molecule has 0 bridgehead atoms. The Morgan fingerprint density at radius 1 is 1.19 bits per heavy atom. The minimum atomic E-state index is -0.0573. The molecule has 96 valence electrons. The van der Waals surface area contributed by atoms with E-state index in [9.17, 15) is 0 Å². The van der Waals surface area contributed by atoms with Crippen molar-refractivity contribution in [3.05, 3.63) is 0 Å². The zero-order valence-corrected chi connectivity index (χ0v) is 11.5. The zero-order valence-electron chi connectivity index (χ0n) is 11.5. The van der Waals surface area contributed by atoms with Crippen LogP contribution in [0.5, 0.6) is 0 Å². The molecule has 2 nitrogen and oxygen atoms in total. The van der Waals surface area contributed by atoms with Crippen molar-refractivity contribution in [2.24, 2.45) is 17.6 Å². The summed E-state index contributed by atoms with van der Waals surface area (Å²) in [6.07, 6.45) is 6.66. The van der Waals surface area contributed by atoms with Crippen molar-refractivity contribution in [2.75, 3.05) is 6.61 Å². The van der Waals surface area contributed by atoms with E-state index in [1.807, 2.05) is 0 Å². The summed E-state index contributed by atoms with van der Waals surface area (Å²) in [6, 6.07) is 0.233. The molecule has 0 spiro atoms. The summed E-state index contributed by atoms with van der Waals surface area (Å²) in [5.74, 6) is 1.64. The molecular formula is C14H29NO. The van der Waals surface area contributed by atoms with Gasteiger partial charge >= 0.3 is 0 Å². The van der Waals surface area contributed by atoms with E-state index in [0.717, 1.165) is 5.92 Å². The van der Waals surface area contributed by atoms with Crippen molar-refractivity contribution in [1.82, 2.24) is 0 Å². The Morgan fingerprint density at radius 3 is 2.19 bits per heavy atom. The van der Waals surface area contributed by atoms with Gasteiger partial charge in [-0.3, -0.25) is 0 Å². The molecule has 0 amide bonds. The molecule has 1 atom stereocenters. The van der Waals surface area contributed by atoms with Gasteiger partial charge in [-0.25, -0.2) is 0 Å². The highest BCUT2D eigenvalue weighted by atomic mass is 16.5. The van der Waals surface area contributed by atoms with Crippen LogP contribution in [0, 0.1) is 11.8 Å². The van der Waals surface area contributed by atoms with Gasteiger partial charge in [-0.05, 0) is 45.4 Å². The normalized spacial score (nSPS) is 29.1. The molecule has 1 aliphatic rings. The monoisotopic (exact) mass is 227 g/mol. The molecule has 2 N–H and O–H groups in total. The topological polar surface area (TPSA) is 35.2 Å². The van der Waals surface area contributed by atoms with Crippen molar-refractivity contribution in [1.29, 1.82) is 0 Å². The summed E-state index contributed by atoms with van der Waals surface area (Å²) in [7, 11) is 0. The van der Waals surface area contributed by atoms with Crippen molar-refractivity contribution in [3.8, 4) is 0 Å². The molecule has 1 fully saturated rings. The van der Waals surface area contributed by atoms with Gasteiger partial charge in [0.2, 0.25) is 0 Å². The highest BCUT2D eigenvalue weighted by Crippen LogP contribution is 2.32. The number of ether oxygens (including phenoxy) is 1. The van der Waals surface area contributed by atoms with Gasteiger partial charge in [0.05, 0.1) is 12.2 Å². The van der Waals surface area contributed by atoms with E-state index in [0.29, 0.717) is 12.5 Å². The standard InChI is InChI=1S/C14H29NO/c1-5-11-6-8-12(9-7-11)13(15)10-16-14(2,3)4/h11-13H,5-10,15H2,1-4H3. The molecule has 0 radical (unpaired) electrons.